The maximum absolute atomic E-state index is 14.4. The summed E-state index contributed by atoms with van der Waals surface area (Å²) in [5.74, 6) is -0.869. The van der Waals surface area contributed by atoms with Crippen LogP contribution in [-0.4, -0.2) is 30.9 Å². The smallest absolute Gasteiger partial charge is 0.335 e. The van der Waals surface area contributed by atoms with Crippen LogP contribution >= 0.6 is 23.2 Å². The van der Waals surface area contributed by atoms with Gasteiger partial charge in [0, 0.05) is 36.2 Å². The fourth-order valence-corrected chi connectivity index (χ4v) is 7.86. The van der Waals surface area contributed by atoms with E-state index in [1.165, 1.54) is 22.9 Å². The molecule has 0 bridgehead atoms. The van der Waals surface area contributed by atoms with E-state index >= 15 is 0 Å². The van der Waals surface area contributed by atoms with Crippen molar-refractivity contribution in [2.45, 2.75) is 31.3 Å². The van der Waals surface area contributed by atoms with Gasteiger partial charge in [0.2, 0.25) is 0 Å². The highest BCUT2D eigenvalue weighted by Gasteiger charge is 2.40. The van der Waals surface area contributed by atoms with Crippen molar-refractivity contribution in [2.24, 2.45) is 0 Å². The lowest BCUT2D eigenvalue weighted by molar-refractivity contribution is -0.122. The van der Waals surface area contributed by atoms with Crippen LogP contribution < -0.4 is 19.9 Å². The van der Waals surface area contributed by atoms with Crippen LogP contribution in [0.2, 0.25) is 10.0 Å². The highest BCUT2D eigenvalue weighted by atomic mass is 35.5. The minimum atomic E-state index is -0.783. The first-order valence-corrected chi connectivity index (χ1v) is 17.7. The maximum atomic E-state index is 14.4. The van der Waals surface area contributed by atoms with E-state index in [1.807, 2.05) is 54.6 Å². The number of urea groups is 1. The summed E-state index contributed by atoms with van der Waals surface area (Å²) in [4.78, 5) is 44.8. The predicted molar refractivity (Wildman–Crippen MR) is 201 cm³/mol. The number of rotatable bonds is 7. The number of ether oxygens (including phenoxy) is 1. The Morgan fingerprint density at radius 3 is 1.96 bits per heavy atom. The van der Waals surface area contributed by atoms with Crippen molar-refractivity contribution in [3.63, 3.8) is 0 Å². The minimum Gasteiger partial charge on any atom is -0.488 e. The van der Waals surface area contributed by atoms with Gasteiger partial charge in [-0.2, -0.15) is 0 Å². The summed E-state index contributed by atoms with van der Waals surface area (Å²) in [6.45, 7) is 2.01. The highest BCUT2D eigenvalue weighted by Crippen LogP contribution is 2.50. The van der Waals surface area contributed by atoms with Crippen molar-refractivity contribution in [1.82, 2.24) is 5.32 Å². The van der Waals surface area contributed by atoms with E-state index in [0.29, 0.717) is 27.0 Å². The molecule has 8 rings (SSSR count). The molecule has 0 radical (unpaired) electrons. The molecule has 9 heteroatoms. The van der Waals surface area contributed by atoms with Gasteiger partial charge in [0.25, 0.3) is 11.8 Å². The molecular formula is C42H33Cl2N3O4. The molecule has 0 saturated carbocycles. The van der Waals surface area contributed by atoms with Gasteiger partial charge < -0.3 is 9.64 Å². The van der Waals surface area contributed by atoms with Gasteiger partial charge in [0.05, 0.1) is 15.7 Å². The van der Waals surface area contributed by atoms with Crippen molar-refractivity contribution in [1.29, 1.82) is 0 Å². The first kappa shape index (κ1) is 32.8. The number of nitrogens with one attached hydrogen (secondary N) is 1. The van der Waals surface area contributed by atoms with E-state index < -0.39 is 17.8 Å². The van der Waals surface area contributed by atoms with Crippen LogP contribution in [0, 0.1) is 0 Å². The lowest BCUT2D eigenvalue weighted by Gasteiger charge is -2.44. The quantitative estimate of drug-likeness (QED) is 0.134. The Morgan fingerprint density at radius 2 is 1.33 bits per heavy atom. The first-order chi connectivity index (χ1) is 24.9. The Bertz CT molecular complexity index is 2130. The third-order valence-corrected chi connectivity index (χ3v) is 10.7. The highest BCUT2D eigenvalue weighted by molar-refractivity contribution is 6.42. The van der Waals surface area contributed by atoms with Crippen LogP contribution in [0.3, 0.4) is 0 Å². The molecule has 4 amide bonds. The van der Waals surface area contributed by atoms with Crippen molar-refractivity contribution in [2.75, 3.05) is 22.9 Å². The average molecular weight is 715 g/mol. The number of para-hydroxylation sites is 1. The molecule has 0 aliphatic carbocycles. The minimum absolute atomic E-state index is 0.0739. The van der Waals surface area contributed by atoms with E-state index in [2.05, 4.69) is 34.5 Å². The van der Waals surface area contributed by atoms with Crippen LogP contribution in [0.1, 0.15) is 58.1 Å². The fraction of sp³-hybridized carbons (Fsp3) is 0.167. The largest absolute Gasteiger partial charge is 0.488 e. The Hall–Kier alpha value is -5.37. The van der Waals surface area contributed by atoms with Crippen molar-refractivity contribution in [3.05, 3.63) is 164 Å². The number of imide groups is 2. The molecule has 5 aromatic rings. The number of barbiturate groups is 1. The van der Waals surface area contributed by atoms with E-state index in [9.17, 15) is 14.4 Å². The lowest BCUT2D eigenvalue weighted by Crippen LogP contribution is -2.54. The summed E-state index contributed by atoms with van der Waals surface area (Å²) in [6.07, 6.45) is 3.28. The molecule has 7 nitrogen and oxygen atoms in total. The summed E-state index contributed by atoms with van der Waals surface area (Å²) in [6, 6.07) is 36.2. The van der Waals surface area contributed by atoms with Crippen molar-refractivity contribution < 1.29 is 19.1 Å². The number of amides is 4. The van der Waals surface area contributed by atoms with Gasteiger partial charge in [-0.1, -0.05) is 108 Å². The van der Waals surface area contributed by atoms with Crippen LogP contribution in [-0.2, 0) is 16.2 Å². The molecule has 0 spiro atoms. The second-order valence-corrected chi connectivity index (χ2v) is 13.8. The molecule has 51 heavy (non-hydrogen) atoms. The number of carbonyl (C=O) groups excluding carboxylic acids is 3. The van der Waals surface area contributed by atoms with Crippen molar-refractivity contribution >= 4 is 58.5 Å². The average Bonchev–Trinajstić information content (AvgIpc) is 3.15. The standard InChI is InChI=1S/C42H33Cl2N3O4/c43-36-16-15-26(21-37(36)44)25-51-38-14-8-7-13-29(38)22-35-40(48)45-42(50)47(41(35)49)30-23-33-31(27-9-3-1-4-10-27)17-19-46-20-18-32(34(24-30)39(33)46)28-11-5-2-6-12-28/h1-16,21-24,31-32H,17-20,25H2,(H,45,48,50)/b35-22+/t31-,32-/m0/s1. The topological polar surface area (TPSA) is 79.0 Å². The summed E-state index contributed by atoms with van der Waals surface area (Å²) in [5.41, 5.74) is 7.24. The Kier molecular flexibility index (Phi) is 8.84. The number of carbonyl (C=O) groups is 3. The van der Waals surface area contributed by atoms with Gasteiger partial charge in [-0.05, 0) is 77.1 Å². The predicted octanol–water partition coefficient (Wildman–Crippen LogP) is 9.12. The fourth-order valence-electron chi connectivity index (χ4n) is 7.54. The van der Waals surface area contributed by atoms with E-state index in [4.69, 9.17) is 27.9 Å². The number of hydrogen-bond acceptors (Lipinski definition) is 5. The second kappa shape index (κ2) is 13.7. The Labute approximate surface area is 306 Å². The van der Waals surface area contributed by atoms with Crippen LogP contribution in [0.4, 0.5) is 16.2 Å². The third kappa shape index (κ3) is 6.28. The number of anilines is 2. The molecular weight excluding hydrogens is 681 g/mol. The first-order valence-electron chi connectivity index (χ1n) is 17.0. The van der Waals surface area contributed by atoms with Gasteiger partial charge in [0.15, 0.2) is 0 Å². The van der Waals surface area contributed by atoms with Gasteiger partial charge in [-0.15, -0.1) is 0 Å². The number of benzene rings is 5. The molecule has 254 valence electrons. The summed E-state index contributed by atoms with van der Waals surface area (Å²) >= 11 is 12.3. The van der Waals surface area contributed by atoms with Gasteiger partial charge in [0.1, 0.15) is 17.9 Å². The summed E-state index contributed by atoms with van der Waals surface area (Å²) < 4.78 is 6.10. The monoisotopic (exact) mass is 713 g/mol. The molecule has 3 aliphatic rings. The van der Waals surface area contributed by atoms with Crippen LogP contribution in [0.5, 0.6) is 5.75 Å². The van der Waals surface area contributed by atoms with E-state index in [-0.39, 0.29) is 24.0 Å². The zero-order valence-corrected chi connectivity index (χ0v) is 29.0. The van der Waals surface area contributed by atoms with Crippen LogP contribution in [0.25, 0.3) is 6.08 Å². The zero-order chi connectivity index (χ0) is 35.1. The normalized spacial score (nSPS) is 19.2. The molecule has 1 N–H and O–H groups in total. The summed E-state index contributed by atoms with van der Waals surface area (Å²) in [7, 11) is 0. The molecule has 0 unspecified atom stereocenters. The van der Waals surface area contributed by atoms with E-state index in [0.717, 1.165) is 47.5 Å². The number of nitrogens with zero attached hydrogens (tertiary/aromatic N) is 2. The Balaban J connectivity index is 1.20. The SMILES string of the molecule is O=C1NC(=O)N(c2cc3c4c(c2)[C@H](c2ccccc2)CCN4CC[C@H]3c2ccccc2)C(=O)/C1=C/c1ccccc1OCc1ccc(Cl)c(Cl)c1. The Morgan fingerprint density at radius 1 is 0.725 bits per heavy atom. The molecule has 5 aromatic carbocycles. The lowest BCUT2D eigenvalue weighted by atomic mass is 9.76. The number of hydrogen-bond donors (Lipinski definition) is 1. The van der Waals surface area contributed by atoms with Gasteiger partial charge in [-0.25, -0.2) is 9.69 Å². The molecule has 3 heterocycles. The third-order valence-electron chi connectivity index (χ3n) is 9.96. The zero-order valence-electron chi connectivity index (χ0n) is 27.5. The van der Waals surface area contributed by atoms with E-state index in [1.54, 1.807) is 36.4 Å². The van der Waals surface area contributed by atoms with Gasteiger partial charge in [-0.3, -0.25) is 14.9 Å². The van der Waals surface area contributed by atoms with Crippen LogP contribution in [0.15, 0.2) is 121 Å². The summed E-state index contributed by atoms with van der Waals surface area (Å²) in [5, 5.41) is 3.28. The second-order valence-electron chi connectivity index (χ2n) is 13.0. The molecule has 3 aliphatic heterocycles. The van der Waals surface area contributed by atoms with Crippen molar-refractivity contribution in [3.8, 4) is 5.75 Å². The molecule has 0 aromatic heterocycles. The maximum Gasteiger partial charge on any atom is 0.335 e. The molecule has 2 atom stereocenters. The number of halogens is 2. The van der Waals surface area contributed by atoms with Gasteiger partial charge >= 0.3 is 6.03 Å². The molecule has 1 saturated heterocycles. The molecule has 1 fully saturated rings.